The van der Waals surface area contributed by atoms with Gasteiger partial charge < -0.3 is 10.4 Å². The van der Waals surface area contributed by atoms with Gasteiger partial charge in [0.2, 0.25) is 0 Å². The number of aryl methyl sites for hydroxylation is 1. The van der Waals surface area contributed by atoms with Crippen LogP contribution in [0.15, 0.2) is 30.5 Å². The molecule has 2 rings (SSSR count). The zero-order chi connectivity index (χ0) is 13.5. The fraction of sp³-hybridized carbons (Fsp3) is 0.385. The summed E-state index contributed by atoms with van der Waals surface area (Å²) in [7, 11) is 0. The highest BCUT2D eigenvalue weighted by atomic mass is 35.5. The molecule has 0 fully saturated rings. The number of aliphatic hydroxyl groups is 1. The summed E-state index contributed by atoms with van der Waals surface area (Å²) in [5.74, 6) is 0. The van der Waals surface area contributed by atoms with Crippen molar-refractivity contribution in [3.05, 3.63) is 46.7 Å². The maximum atomic E-state index is 8.74. The SMILES string of the molecule is OCCCn1cc(CNCc2cccc(Cl)c2)nn1. The van der Waals surface area contributed by atoms with Crippen LogP contribution in [0.25, 0.3) is 0 Å². The number of halogens is 1. The van der Waals surface area contributed by atoms with E-state index in [2.05, 4.69) is 15.6 Å². The Morgan fingerprint density at radius 2 is 2.21 bits per heavy atom. The number of benzene rings is 1. The fourth-order valence-electron chi connectivity index (χ4n) is 1.74. The highest BCUT2D eigenvalue weighted by Gasteiger charge is 2.00. The Balaban J connectivity index is 1.77. The molecule has 0 saturated carbocycles. The quantitative estimate of drug-likeness (QED) is 0.809. The first kappa shape index (κ1) is 14.0. The third-order valence-corrected chi connectivity index (χ3v) is 2.89. The molecule has 1 aromatic heterocycles. The lowest BCUT2D eigenvalue weighted by Gasteiger charge is -2.03. The van der Waals surface area contributed by atoms with Crippen molar-refractivity contribution in [2.24, 2.45) is 0 Å². The van der Waals surface area contributed by atoms with Gasteiger partial charge in [-0.3, -0.25) is 4.68 Å². The normalized spacial score (nSPS) is 10.8. The van der Waals surface area contributed by atoms with Crippen LogP contribution in [0.3, 0.4) is 0 Å². The number of nitrogens with zero attached hydrogens (tertiary/aromatic N) is 3. The van der Waals surface area contributed by atoms with Crippen molar-refractivity contribution < 1.29 is 5.11 Å². The van der Waals surface area contributed by atoms with Gasteiger partial charge in [0, 0.05) is 37.5 Å². The fourth-order valence-corrected chi connectivity index (χ4v) is 1.96. The lowest BCUT2D eigenvalue weighted by molar-refractivity contribution is 0.276. The topological polar surface area (TPSA) is 63.0 Å². The van der Waals surface area contributed by atoms with Gasteiger partial charge in [-0.15, -0.1) is 5.10 Å². The molecule has 0 bridgehead atoms. The van der Waals surface area contributed by atoms with Gasteiger partial charge in [-0.2, -0.15) is 0 Å². The Morgan fingerprint density at radius 3 is 3.00 bits per heavy atom. The molecular weight excluding hydrogens is 264 g/mol. The van der Waals surface area contributed by atoms with Crippen LogP contribution in [0.5, 0.6) is 0 Å². The molecule has 0 amide bonds. The minimum absolute atomic E-state index is 0.169. The molecule has 1 heterocycles. The second-order valence-electron chi connectivity index (χ2n) is 4.28. The largest absolute Gasteiger partial charge is 0.396 e. The summed E-state index contributed by atoms with van der Waals surface area (Å²) < 4.78 is 1.74. The summed E-state index contributed by atoms with van der Waals surface area (Å²) in [6, 6.07) is 7.76. The van der Waals surface area contributed by atoms with E-state index in [9.17, 15) is 0 Å². The van der Waals surface area contributed by atoms with Gasteiger partial charge in [-0.25, -0.2) is 0 Å². The average Bonchev–Trinajstić information content (AvgIpc) is 2.84. The predicted octanol–water partition coefficient (Wildman–Crippen LogP) is 1.60. The molecule has 0 aliphatic carbocycles. The average molecular weight is 281 g/mol. The predicted molar refractivity (Wildman–Crippen MR) is 73.7 cm³/mol. The van der Waals surface area contributed by atoms with Crippen molar-refractivity contribution in [3.63, 3.8) is 0 Å². The molecule has 0 aliphatic rings. The molecule has 102 valence electrons. The first-order valence-corrected chi connectivity index (χ1v) is 6.61. The van der Waals surface area contributed by atoms with Gasteiger partial charge in [0.1, 0.15) is 0 Å². The number of aliphatic hydroxyl groups excluding tert-OH is 1. The van der Waals surface area contributed by atoms with E-state index in [0.29, 0.717) is 19.5 Å². The van der Waals surface area contributed by atoms with Crippen molar-refractivity contribution in [1.82, 2.24) is 20.3 Å². The molecule has 6 heteroatoms. The van der Waals surface area contributed by atoms with Crippen LogP contribution in [0, 0.1) is 0 Å². The van der Waals surface area contributed by atoms with E-state index < -0.39 is 0 Å². The third-order valence-electron chi connectivity index (χ3n) is 2.66. The van der Waals surface area contributed by atoms with Crippen LogP contribution >= 0.6 is 11.6 Å². The van der Waals surface area contributed by atoms with E-state index in [0.717, 1.165) is 22.8 Å². The highest BCUT2D eigenvalue weighted by molar-refractivity contribution is 6.30. The summed E-state index contributed by atoms with van der Waals surface area (Å²) in [6.45, 7) is 2.26. The van der Waals surface area contributed by atoms with Gasteiger partial charge in [0.15, 0.2) is 0 Å². The second kappa shape index (κ2) is 7.23. The molecule has 19 heavy (non-hydrogen) atoms. The molecule has 2 aromatic rings. The highest BCUT2D eigenvalue weighted by Crippen LogP contribution is 2.10. The minimum Gasteiger partial charge on any atom is -0.396 e. The first-order valence-electron chi connectivity index (χ1n) is 6.23. The van der Waals surface area contributed by atoms with Crippen LogP contribution in [-0.2, 0) is 19.6 Å². The van der Waals surface area contributed by atoms with Gasteiger partial charge in [0.25, 0.3) is 0 Å². The summed E-state index contributed by atoms with van der Waals surface area (Å²) in [5, 5.41) is 20.8. The molecule has 0 atom stereocenters. The van der Waals surface area contributed by atoms with Gasteiger partial charge in [-0.1, -0.05) is 28.9 Å². The first-order chi connectivity index (χ1) is 9.28. The summed E-state index contributed by atoms with van der Waals surface area (Å²) >= 11 is 5.92. The Morgan fingerprint density at radius 1 is 1.32 bits per heavy atom. The Bertz CT molecular complexity index is 515. The Kier molecular flexibility index (Phi) is 5.32. The van der Waals surface area contributed by atoms with Crippen LogP contribution in [-0.4, -0.2) is 26.7 Å². The number of aromatic nitrogens is 3. The standard InChI is InChI=1S/C13H17ClN4O/c14-12-4-1-3-11(7-12)8-15-9-13-10-18(17-16-13)5-2-6-19/h1,3-4,7,10,15,19H,2,5-6,8-9H2. The number of hydrogen-bond acceptors (Lipinski definition) is 4. The van der Waals surface area contributed by atoms with E-state index in [-0.39, 0.29) is 6.61 Å². The zero-order valence-corrected chi connectivity index (χ0v) is 11.3. The van der Waals surface area contributed by atoms with Gasteiger partial charge in [0.05, 0.1) is 5.69 Å². The van der Waals surface area contributed by atoms with E-state index in [1.165, 1.54) is 0 Å². The van der Waals surface area contributed by atoms with Crippen molar-refractivity contribution in [2.75, 3.05) is 6.61 Å². The van der Waals surface area contributed by atoms with E-state index in [1.54, 1.807) is 4.68 Å². The van der Waals surface area contributed by atoms with Crippen LogP contribution in [0.2, 0.25) is 5.02 Å². The number of nitrogens with one attached hydrogen (secondary N) is 1. The number of rotatable bonds is 7. The van der Waals surface area contributed by atoms with Crippen molar-refractivity contribution in [3.8, 4) is 0 Å². The zero-order valence-electron chi connectivity index (χ0n) is 10.6. The third kappa shape index (κ3) is 4.63. The molecule has 1 aromatic carbocycles. The Hall–Kier alpha value is -1.43. The molecule has 0 aliphatic heterocycles. The summed E-state index contributed by atoms with van der Waals surface area (Å²) in [4.78, 5) is 0. The molecule has 0 spiro atoms. The molecular formula is C13H17ClN4O. The van der Waals surface area contributed by atoms with Gasteiger partial charge in [-0.05, 0) is 24.1 Å². The molecule has 5 nitrogen and oxygen atoms in total. The van der Waals surface area contributed by atoms with Crippen molar-refractivity contribution in [1.29, 1.82) is 0 Å². The number of hydrogen-bond donors (Lipinski definition) is 2. The minimum atomic E-state index is 0.169. The summed E-state index contributed by atoms with van der Waals surface area (Å²) in [5.41, 5.74) is 2.03. The van der Waals surface area contributed by atoms with Crippen molar-refractivity contribution >= 4 is 11.6 Å². The maximum Gasteiger partial charge on any atom is 0.0964 e. The monoisotopic (exact) mass is 280 g/mol. The molecule has 2 N–H and O–H groups in total. The molecule has 0 radical (unpaired) electrons. The summed E-state index contributed by atoms with van der Waals surface area (Å²) in [6.07, 6.45) is 2.58. The molecule has 0 saturated heterocycles. The second-order valence-corrected chi connectivity index (χ2v) is 4.72. The maximum absolute atomic E-state index is 8.74. The van der Waals surface area contributed by atoms with E-state index in [4.69, 9.17) is 16.7 Å². The van der Waals surface area contributed by atoms with Crippen LogP contribution in [0.1, 0.15) is 17.7 Å². The van der Waals surface area contributed by atoms with Crippen molar-refractivity contribution in [2.45, 2.75) is 26.1 Å². The van der Waals surface area contributed by atoms with Crippen LogP contribution < -0.4 is 5.32 Å². The Labute approximate surface area is 117 Å². The molecule has 0 unspecified atom stereocenters. The van der Waals surface area contributed by atoms with E-state index in [1.807, 2.05) is 30.5 Å². The van der Waals surface area contributed by atoms with E-state index >= 15 is 0 Å². The lowest BCUT2D eigenvalue weighted by Crippen LogP contribution is -2.12. The smallest absolute Gasteiger partial charge is 0.0964 e. The van der Waals surface area contributed by atoms with Gasteiger partial charge >= 0.3 is 0 Å². The van der Waals surface area contributed by atoms with Crippen LogP contribution in [0.4, 0.5) is 0 Å². The lowest BCUT2D eigenvalue weighted by atomic mass is 10.2.